The Balaban J connectivity index is 1.75. The number of hydrogen-bond donors (Lipinski definition) is 0. The molecule has 0 bridgehead atoms. The largest absolute Gasteiger partial charge is 0.486 e. The third kappa shape index (κ3) is 3.45. The topological polar surface area (TPSA) is 18.5 Å². The van der Waals surface area contributed by atoms with Gasteiger partial charge in [-0.05, 0) is 51.3 Å². The van der Waals surface area contributed by atoms with Crippen molar-refractivity contribution < 1.29 is 9.47 Å². The van der Waals surface area contributed by atoms with E-state index in [0.717, 1.165) is 17.9 Å². The molecule has 0 aliphatic carbocycles. The van der Waals surface area contributed by atoms with Gasteiger partial charge in [-0.25, -0.2) is 0 Å². The van der Waals surface area contributed by atoms with Crippen molar-refractivity contribution in [2.24, 2.45) is 0 Å². The molecule has 0 radical (unpaired) electrons. The van der Waals surface area contributed by atoms with Gasteiger partial charge in [-0.15, -0.1) is 11.3 Å². The van der Waals surface area contributed by atoms with E-state index in [0.29, 0.717) is 13.2 Å². The van der Waals surface area contributed by atoms with Gasteiger partial charge >= 0.3 is 0 Å². The van der Waals surface area contributed by atoms with Gasteiger partial charge in [0, 0.05) is 10.3 Å². The highest BCUT2D eigenvalue weighted by molar-refractivity contribution is 7.17. The summed E-state index contributed by atoms with van der Waals surface area (Å²) >= 11 is 1.84. The van der Waals surface area contributed by atoms with E-state index in [2.05, 4.69) is 76.4 Å². The number of ether oxygens (including phenoxy) is 2. The Hall–Kier alpha value is -2.00. The minimum absolute atomic E-state index is 0.0139. The Morgan fingerprint density at radius 2 is 1.67 bits per heavy atom. The lowest BCUT2D eigenvalue weighted by Crippen LogP contribution is -2.23. The quantitative estimate of drug-likeness (QED) is 0.517. The van der Waals surface area contributed by atoms with Crippen LogP contribution in [-0.4, -0.2) is 13.2 Å². The van der Waals surface area contributed by atoms with Gasteiger partial charge in [-0.3, -0.25) is 0 Å². The average molecular weight is 381 g/mol. The van der Waals surface area contributed by atoms with Crippen LogP contribution in [0, 0.1) is 0 Å². The molecule has 0 atom stereocenters. The summed E-state index contributed by atoms with van der Waals surface area (Å²) in [5, 5.41) is 3.70. The third-order valence-electron chi connectivity index (χ3n) is 5.37. The highest BCUT2D eigenvalue weighted by Crippen LogP contribution is 2.43. The second-order valence-corrected chi connectivity index (χ2v) is 10.0. The molecule has 1 aliphatic rings. The van der Waals surface area contributed by atoms with Crippen LogP contribution in [0.3, 0.4) is 0 Å². The summed E-state index contributed by atoms with van der Waals surface area (Å²) in [7, 11) is 0. The maximum absolute atomic E-state index is 5.97. The predicted molar refractivity (Wildman–Crippen MR) is 115 cm³/mol. The molecule has 0 fully saturated rings. The maximum Gasteiger partial charge on any atom is 0.165 e. The van der Waals surface area contributed by atoms with Crippen LogP contribution in [0.15, 0.2) is 41.8 Å². The zero-order valence-electron chi connectivity index (χ0n) is 16.9. The summed E-state index contributed by atoms with van der Waals surface area (Å²) in [5.41, 5.74) is 4.03. The lowest BCUT2D eigenvalue weighted by atomic mass is 9.77. The molecular weight excluding hydrogens is 352 g/mol. The van der Waals surface area contributed by atoms with E-state index < -0.39 is 0 Å². The van der Waals surface area contributed by atoms with E-state index in [1.54, 1.807) is 0 Å². The van der Waals surface area contributed by atoms with Gasteiger partial charge < -0.3 is 9.47 Å². The summed E-state index contributed by atoms with van der Waals surface area (Å²) in [6.45, 7) is 12.6. The normalized spacial score (nSPS) is 14.6. The van der Waals surface area contributed by atoms with Gasteiger partial charge in [0.05, 0.1) is 0 Å². The zero-order chi connectivity index (χ0) is 19.2. The van der Waals surface area contributed by atoms with E-state index in [9.17, 15) is 0 Å². The first-order chi connectivity index (χ1) is 12.8. The van der Waals surface area contributed by atoms with Gasteiger partial charge in [0.1, 0.15) is 13.2 Å². The standard InChI is InChI=1S/C24H28O2S/c1-23(2,3)18-12-16(13-20-22(18)26-11-10-25-20)14-24(4,5)19-15-27-21-9-7-6-8-17(19)21/h6-9,12-13,15H,10-11,14H2,1-5H3. The van der Waals surface area contributed by atoms with Crippen molar-refractivity contribution >= 4 is 21.4 Å². The van der Waals surface area contributed by atoms with Gasteiger partial charge in [-0.1, -0.05) is 58.9 Å². The minimum atomic E-state index is 0.0139. The van der Waals surface area contributed by atoms with Crippen LogP contribution in [0.4, 0.5) is 0 Å². The highest BCUT2D eigenvalue weighted by atomic mass is 32.1. The summed E-state index contributed by atoms with van der Waals surface area (Å²) in [6.07, 6.45) is 0.966. The molecule has 3 aromatic rings. The average Bonchev–Trinajstić information content (AvgIpc) is 3.05. The van der Waals surface area contributed by atoms with Crippen molar-refractivity contribution in [1.29, 1.82) is 0 Å². The van der Waals surface area contributed by atoms with Gasteiger partial charge in [0.25, 0.3) is 0 Å². The molecule has 2 heterocycles. The van der Waals surface area contributed by atoms with Crippen molar-refractivity contribution in [3.8, 4) is 11.5 Å². The van der Waals surface area contributed by atoms with Crippen molar-refractivity contribution in [3.63, 3.8) is 0 Å². The minimum Gasteiger partial charge on any atom is -0.486 e. The lowest BCUT2D eigenvalue weighted by molar-refractivity contribution is 0.167. The van der Waals surface area contributed by atoms with Crippen LogP contribution in [0.1, 0.15) is 51.3 Å². The van der Waals surface area contributed by atoms with Crippen LogP contribution in [0.25, 0.3) is 10.1 Å². The Labute approximate surface area is 166 Å². The highest BCUT2D eigenvalue weighted by Gasteiger charge is 2.29. The van der Waals surface area contributed by atoms with Crippen LogP contribution in [0.5, 0.6) is 11.5 Å². The van der Waals surface area contributed by atoms with E-state index in [1.165, 1.54) is 26.8 Å². The second kappa shape index (κ2) is 6.56. The lowest BCUT2D eigenvalue weighted by Gasteiger charge is -2.30. The molecule has 0 unspecified atom stereocenters. The summed E-state index contributed by atoms with van der Waals surface area (Å²) in [6, 6.07) is 13.2. The number of benzene rings is 2. The Bertz CT molecular complexity index is 976. The van der Waals surface area contributed by atoms with Gasteiger partial charge in [-0.2, -0.15) is 0 Å². The number of hydrogen-bond acceptors (Lipinski definition) is 3. The maximum atomic E-state index is 5.97. The zero-order valence-corrected chi connectivity index (χ0v) is 17.7. The monoisotopic (exact) mass is 380 g/mol. The molecule has 2 aromatic carbocycles. The molecule has 3 heteroatoms. The molecule has 0 saturated heterocycles. The van der Waals surface area contributed by atoms with Crippen molar-refractivity contribution in [3.05, 3.63) is 58.5 Å². The molecule has 0 N–H and O–H groups in total. The van der Waals surface area contributed by atoms with Gasteiger partial charge in [0.15, 0.2) is 11.5 Å². The first-order valence-electron chi connectivity index (χ1n) is 9.65. The predicted octanol–water partition coefficient (Wildman–Crippen LogP) is 6.49. The van der Waals surface area contributed by atoms with Crippen molar-refractivity contribution in [2.45, 2.75) is 51.9 Å². The number of rotatable bonds is 3. The molecule has 1 aliphatic heterocycles. The van der Waals surface area contributed by atoms with Crippen molar-refractivity contribution in [1.82, 2.24) is 0 Å². The summed E-state index contributed by atoms with van der Waals surface area (Å²) in [4.78, 5) is 0. The fourth-order valence-corrected chi connectivity index (χ4v) is 5.13. The molecule has 0 amide bonds. The SMILES string of the molecule is CC(C)(C)c1cc(CC(C)(C)c2csc3ccccc23)cc2c1OCCO2. The summed E-state index contributed by atoms with van der Waals surface area (Å²) < 4.78 is 13.3. The van der Waals surface area contributed by atoms with Crippen LogP contribution < -0.4 is 9.47 Å². The molecule has 0 spiro atoms. The van der Waals surface area contributed by atoms with Crippen LogP contribution in [-0.2, 0) is 17.3 Å². The van der Waals surface area contributed by atoms with E-state index >= 15 is 0 Å². The molecular formula is C24H28O2S. The molecule has 0 saturated carbocycles. The molecule has 2 nitrogen and oxygen atoms in total. The summed E-state index contributed by atoms with van der Waals surface area (Å²) in [5.74, 6) is 1.82. The second-order valence-electron chi connectivity index (χ2n) is 9.12. The first-order valence-corrected chi connectivity index (χ1v) is 10.5. The van der Waals surface area contributed by atoms with Crippen LogP contribution >= 0.6 is 11.3 Å². The smallest absolute Gasteiger partial charge is 0.165 e. The fourth-order valence-electron chi connectivity index (χ4n) is 3.98. The van der Waals surface area contributed by atoms with E-state index in [1.807, 2.05) is 11.3 Å². The Kier molecular flexibility index (Phi) is 4.46. The van der Waals surface area contributed by atoms with E-state index in [-0.39, 0.29) is 10.8 Å². The van der Waals surface area contributed by atoms with Crippen molar-refractivity contribution in [2.75, 3.05) is 13.2 Å². The van der Waals surface area contributed by atoms with Crippen LogP contribution in [0.2, 0.25) is 0 Å². The fraction of sp³-hybridized carbons (Fsp3) is 0.417. The van der Waals surface area contributed by atoms with E-state index in [4.69, 9.17) is 9.47 Å². The third-order valence-corrected chi connectivity index (χ3v) is 6.33. The molecule has 142 valence electrons. The Morgan fingerprint density at radius 3 is 2.44 bits per heavy atom. The molecule has 4 rings (SSSR count). The number of thiophene rings is 1. The molecule has 1 aromatic heterocycles. The molecule has 27 heavy (non-hydrogen) atoms. The van der Waals surface area contributed by atoms with Gasteiger partial charge in [0.2, 0.25) is 0 Å². The number of fused-ring (bicyclic) bond motifs is 2. The first kappa shape index (κ1) is 18.4. The Morgan fingerprint density at radius 1 is 0.926 bits per heavy atom.